The van der Waals surface area contributed by atoms with E-state index in [1.165, 1.54) is 0 Å². The maximum atomic E-state index is 5.96. The Kier molecular flexibility index (Phi) is 3.97. The van der Waals surface area contributed by atoms with Crippen LogP contribution in [0.4, 0.5) is 5.95 Å². The van der Waals surface area contributed by atoms with Crippen LogP contribution in [-0.2, 0) is 0 Å². The van der Waals surface area contributed by atoms with Crippen LogP contribution >= 0.6 is 27.5 Å². The van der Waals surface area contributed by atoms with E-state index in [1.807, 2.05) is 35.9 Å². The highest BCUT2D eigenvalue weighted by Gasteiger charge is 2.11. The van der Waals surface area contributed by atoms with Crippen molar-refractivity contribution in [1.29, 1.82) is 0 Å². The van der Waals surface area contributed by atoms with Crippen molar-refractivity contribution < 1.29 is 0 Å². The average molecular weight is 329 g/mol. The van der Waals surface area contributed by atoms with Crippen LogP contribution in [-0.4, -0.2) is 15.6 Å². The molecule has 18 heavy (non-hydrogen) atoms. The number of imidazole rings is 1. The Labute approximate surface area is 120 Å². The Morgan fingerprint density at radius 2 is 2.11 bits per heavy atom. The fraction of sp³-hybridized carbons (Fsp3) is 0.308. The van der Waals surface area contributed by atoms with Crippen LogP contribution in [0.5, 0.6) is 0 Å². The second-order valence-electron chi connectivity index (χ2n) is 4.47. The minimum atomic E-state index is 0.330. The first-order valence-corrected chi connectivity index (χ1v) is 6.92. The van der Waals surface area contributed by atoms with E-state index in [-0.39, 0.29) is 0 Å². The molecule has 1 aromatic carbocycles. The first-order valence-electron chi connectivity index (χ1n) is 5.75. The summed E-state index contributed by atoms with van der Waals surface area (Å²) in [6.07, 6.45) is 2.00. The number of rotatable bonds is 3. The molecule has 1 N–H and O–H groups in total. The number of hydrogen-bond donors (Lipinski definition) is 1. The van der Waals surface area contributed by atoms with Crippen molar-refractivity contribution in [3.05, 3.63) is 39.6 Å². The van der Waals surface area contributed by atoms with Gasteiger partial charge in [0.25, 0.3) is 0 Å². The Morgan fingerprint density at radius 1 is 1.39 bits per heavy atom. The monoisotopic (exact) mass is 327 g/mol. The summed E-state index contributed by atoms with van der Waals surface area (Å²) in [5, 5.41) is 4.04. The number of anilines is 1. The van der Waals surface area contributed by atoms with Gasteiger partial charge in [0.1, 0.15) is 0 Å². The summed E-state index contributed by atoms with van der Waals surface area (Å²) in [5.74, 6) is 0.838. The van der Waals surface area contributed by atoms with Crippen molar-refractivity contribution in [3.63, 3.8) is 0 Å². The fourth-order valence-corrected chi connectivity index (χ4v) is 2.59. The van der Waals surface area contributed by atoms with E-state index in [2.05, 4.69) is 40.1 Å². The molecule has 0 bridgehead atoms. The molecule has 0 aliphatic heterocycles. The van der Waals surface area contributed by atoms with Crippen LogP contribution in [0.15, 0.2) is 28.9 Å². The molecule has 0 amide bonds. The lowest BCUT2D eigenvalue weighted by Gasteiger charge is -2.13. The summed E-state index contributed by atoms with van der Waals surface area (Å²) in [6, 6.07) is 6.05. The molecule has 3 nitrogen and oxygen atoms in total. The summed E-state index contributed by atoms with van der Waals surface area (Å²) < 4.78 is 2.97. The number of nitrogens with zero attached hydrogens (tertiary/aromatic N) is 2. The van der Waals surface area contributed by atoms with Crippen LogP contribution in [0, 0.1) is 6.92 Å². The van der Waals surface area contributed by atoms with Gasteiger partial charge in [0, 0.05) is 21.7 Å². The zero-order chi connectivity index (χ0) is 13.3. The van der Waals surface area contributed by atoms with Gasteiger partial charge in [-0.1, -0.05) is 11.6 Å². The molecule has 0 radical (unpaired) electrons. The number of nitrogens with one attached hydrogen (secondary N) is 1. The van der Waals surface area contributed by atoms with Crippen molar-refractivity contribution in [3.8, 4) is 5.69 Å². The Hall–Kier alpha value is -1.00. The van der Waals surface area contributed by atoms with Crippen molar-refractivity contribution in [2.24, 2.45) is 0 Å². The first-order chi connectivity index (χ1) is 8.47. The third-order valence-corrected chi connectivity index (χ3v) is 3.28. The number of aryl methyl sites for hydroxylation is 1. The predicted molar refractivity (Wildman–Crippen MR) is 79.8 cm³/mol. The third-order valence-electron chi connectivity index (χ3n) is 2.41. The molecule has 0 spiro atoms. The Morgan fingerprint density at radius 3 is 2.72 bits per heavy atom. The molecular formula is C13H15BrClN3. The molecule has 96 valence electrons. The molecule has 2 rings (SSSR count). The molecule has 0 fully saturated rings. The number of hydrogen-bond acceptors (Lipinski definition) is 2. The maximum Gasteiger partial charge on any atom is 0.207 e. The second-order valence-corrected chi connectivity index (χ2v) is 5.76. The highest BCUT2D eigenvalue weighted by molar-refractivity contribution is 9.10. The van der Waals surface area contributed by atoms with Gasteiger partial charge in [-0.15, -0.1) is 0 Å². The van der Waals surface area contributed by atoms with E-state index in [4.69, 9.17) is 11.6 Å². The average Bonchev–Trinajstić information content (AvgIpc) is 2.58. The van der Waals surface area contributed by atoms with E-state index in [1.54, 1.807) is 0 Å². The van der Waals surface area contributed by atoms with Gasteiger partial charge in [0.2, 0.25) is 5.95 Å². The van der Waals surface area contributed by atoms with Crippen LogP contribution in [0.25, 0.3) is 5.69 Å². The lowest BCUT2D eigenvalue weighted by molar-refractivity contribution is 0.863. The molecule has 0 unspecified atom stereocenters. The fourth-order valence-electron chi connectivity index (χ4n) is 1.72. The van der Waals surface area contributed by atoms with E-state index in [9.17, 15) is 0 Å². The van der Waals surface area contributed by atoms with E-state index in [0.29, 0.717) is 11.1 Å². The minimum absolute atomic E-state index is 0.330. The van der Waals surface area contributed by atoms with Gasteiger partial charge in [-0.3, -0.25) is 4.57 Å². The van der Waals surface area contributed by atoms with Gasteiger partial charge in [-0.2, -0.15) is 0 Å². The molecule has 0 saturated heterocycles. The van der Waals surface area contributed by atoms with Crippen LogP contribution in [0.2, 0.25) is 5.02 Å². The van der Waals surface area contributed by atoms with Crippen molar-refractivity contribution in [2.45, 2.75) is 26.8 Å². The Bertz CT molecular complexity index is 563. The summed E-state index contributed by atoms with van der Waals surface area (Å²) >= 11 is 9.50. The van der Waals surface area contributed by atoms with Gasteiger partial charge in [-0.25, -0.2) is 4.98 Å². The van der Waals surface area contributed by atoms with Gasteiger partial charge in [-0.05, 0) is 54.9 Å². The first kappa shape index (κ1) is 13.4. The standard InChI is InChI=1S/C13H15BrClN3/c1-8(2)16-13-17-9(3)7-18(13)12-5-4-10(15)6-11(12)14/h4-8H,1-3H3,(H,16,17). The molecule has 2 aromatic rings. The van der Waals surface area contributed by atoms with Crippen LogP contribution in [0.3, 0.4) is 0 Å². The zero-order valence-corrected chi connectivity index (χ0v) is 12.9. The molecule has 0 saturated carbocycles. The maximum absolute atomic E-state index is 5.96. The Balaban J connectivity index is 2.49. The highest BCUT2D eigenvalue weighted by Crippen LogP contribution is 2.27. The van der Waals surface area contributed by atoms with Crippen LogP contribution in [0.1, 0.15) is 19.5 Å². The quantitative estimate of drug-likeness (QED) is 0.904. The normalized spacial score (nSPS) is 11.0. The van der Waals surface area contributed by atoms with E-state index in [0.717, 1.165) is 21.8 Å². The van der Waals surface area contributed by atoms with E-state index < -0.39 is 0 Å². The lowest BCUT2D eigenvalue weighted by Crippen LogP contribution is -2.14. The summed E-state index contributed by atoms with van der Waals surface area (Å²) in [5.41, 5.74) is 1.99. The topological polar surface area (TPSA) is 29.9 Å². The van der Waals surface area contributed by atoms with Gasteiger partial charge in [0.15, 0.2) is 0 Å². The summed E-state index contributed by atoms with van der Waals surface area (Å²) in [7, 11) is 0. The predicted octanol–water partition coefficient (Wildman–Crippen LogP) is 4.42. The zero-order valence-electron chi connectivity index (χ0n) is 10.5. The molecule has 1 aromatic heterocycles. The van der Waals surface area contributed by atoms with Gasteiger partial charge >= 0.3 is 0 Å². The second kappa shape index (κ2) is 5.33. The van der Waals surface area contributed by atoms with Gasteiger partial charge in [0.05, 0.1) is 11.4 Å². The number of halogens is 2. The van der Waals surface area contributed by atoms with E-state index >= 15 is 0 Å². The van der Waals surface area contributed by atoms with Crippen molar-refractivity contribution in [2.75, 3.05) is 5.32 Å². The third kappa shape index (κ3) is 2.87. The van der Waals surface area contributed by atoms with Crippen LogP contribution < -0.4 is 5.32 Å². The molecule has 0 aliphatic carbocycles. The smallest absolute Gasteiger partial charge is 0.207 e. The minimum Gasteiger partial charge on any atom is -0.353 e. The molecule has 1 heterocycles. The van der Waals surface area contributed by atoms with Crippen molar-refractivity contribution >= 4 is 33.5 Å². The molecule has 0 aliphatic rings. The summed E-state index contributed by atoms with van der Waals surface area (Å²) in [6.45, 7) is 6.16. The van der Waals surface area contributed by atoms with Gasteiger partial charge < -0.3 is 5.32 Å². The summed E-state index contributed by atoms with van der Waals surface area (Å²) in [4.78, 5) is 4.49. The lowest BCUT2D eigenvalue weighted by atomic mass is 10.3. The highest BCUT2D eigenvalue weighted by atomic mass is 79.9. The largest absolute Gasteiger partial charge is 0.353 e. The molecule has 0 atom stereocenters. The number of aromatic nitrogens is 2. The SMILES string of the molecule is Cc1cn(-c2ccc(Cl)cc2Br)c(NC(C)C)n1. The van der Waals surface area contributed by atoms with Crippen molar-refractivity contribution in [1.82, 2.24) is 9.55 Å². The molecule has 5 heteroatoms. The molecular weight excluding hydrogens is 314 g/mol. The number of benzene rings is 1.